The summed E-state index contributed by atoms with van der Waals surface area (Å²) in [5, 5.41) is 2.97. The lowest BCUT2D eigenvalue weighted by atomic mass is 10.1. The Hall–Kier alpha value is -2.21. The van der Waals surface area contributed by atoms with Gasteiger partial charge in [-0.15, -0.1) is 11.8 Å². The van der Waals surface area contributed by atoms with Gasteiger partial charge in [-0.05, 0) is 48.9 Å². The van der Waals surface area contributed by atoms with Gasteiger partial charge in [-0.3, -0.25) is 4.79 Å². The number of carbonyl (C=O) groups excluding carboxylic acids is 1. The van der Waals surface area contributed by atoms with Gasteiger partial charge in [0.2, 0.25) is 5.91 Å². The number of methoxy groups -OCH3 is 2. The second kappa shape index (κ2) is 9.32. The molecule has 4 nitrogen and oxygen atoms in total. The van der Waals surface area contributed by atoms with Crippen molar-refractivity contribution < 1.29 is 18.7 Å². The maximum Gasteiger partial charge on any atom is 0.221 e. The van der Waals surface area contributed by atoms with Gasteiger partial charge in [0.05, 0.1) is 20.3 Å². The van der Waals surface area contributed by atoms with E-state index in [-0.39, 0.29) is 17.8 Å². The van der Waals surface area contributed by atoms with Crippen molar-refractivity contribution in [1.29, 1.82) is 0 Å². The molecule has 1 unspecified atom stereocenters. The molecule has 0 saturated heterocycles. The molecular weight excluding hydrogens is 341 g/mol. The average Bonchev–Trinajstić information content (AvgIpc) is 2.62. The zero-order valence-corrected chi connectivity index (χ0v) is 15.4. The zero-order valence-electron chi connectivity index (χ0n) is 14.5. The second-order valence-corrected chi connectivity index (χ2v) is 6.62. The van der Waals surface area contributed by atoms with Gasteiger partial charge in [0, 0.05) is 17.1 Å². The van der Waals surface area contributed by atoms with E-state index in [2.05, 4.69) is 5.32 Å². The molecule has 2 aromatic carbocycles. The Balaban J connectivity index is 1.84. The summed E-state index contributed by atoms with van der Waals surface area (Å²) in [6, 6.07) is 11.7. The van der Waals surface area contributed by atoms with E-state index < -0.39 is 0 Å². The lowest BCUT2D eigenvalue weighted by Crippen LogP contribution is -2.26. The first kappa shape index (κ1) is 19.1. The van der Waals surface area contributed by atoms with E-state index in [0.717, 1.165) is 10.5 Å². The van der Waals surface area contributed by atoms with Crippen molar-refractivity contribution in [2.75, 3.05) is 20.0 Å². The van der Waals surface area contributed by atoms with E-state index in [9.17, 15) is 9.18 Å². The van der Waals surface area contributed by atoms with Crippen LogP contribution in [0.2, 0.25) is 0 Å². The smallest absolute Gasteiger partial charge is 0.221 e. The first-order valence-corrected chi connectivity index (χ1v) is 8.91. The van der Waals surface area contributed by atoms with Crippen LogP contribution in [0.4, 0.5) is 4.39 Å². The Labute approximate surface area is 151 Å². The first-order valence-electron chi connectivity index (χ1n) is 7.93. The van der Waals surface area contributed by atoms with Crippen LogP contribution in [-0.2, 0) is 4.79 Å². The minimum absolute atomic E-state index is 0.0307. The molecule has 0 aromatic heterocycles. The maximum atomic E-state index is 12.9. The first-order chi connectivity index (χ1) is 12.0. The van der Waals surface area contributed by atoms with E-state index in [1.165, 1.54) is 23.9 Å². The topological polar surface area (TPSA) is 47.6 Å². The highest BCUT2D eigenvalue weighted by atomic mass is 32.2. The van der Waals surface area contributed by atoms with Crippen LogP contribution in [-0.4, -0.2) is 25.9 Å². The summed E-state index contributed by atoms with van der Waals surface area (Å²) in [4.78, 5) is 13.1. The Morgan fingerprint density at radius 2 is 1.80 bits per heavy atom. The van der Waals surface area contributed by atoms with Crippen molar-refractivity contribution >= 4 is 17.7 Å². The van der Waals surface area contributed by atoms with E-state index >= 15 is 0 Å². The van der Waals surface area contributed by atoms with Crippen LogP contribution in [0.25, 0.3) is 0 Å². The van der Waals surface area contributed by atoms with Gasteiger partial charge in [-0.1, -0.05) is 6.07 Å². The third kappa shape index (κ3) is 5.67. The molecule has 0 aliphatic heterocycles. The fourth-order valence-corrected chi connectivity index (χ4v) is 3.16. The van der Waals surface area contributed by atoms with Gasteiger partial charge >= 0.3 is 0 Å². The van der Waals surface area contributed by atoms with Gasteiger partial charge < -0.3 is 14.8 Å². The quantitative estimate of drug-likeness (QED) is 0.714. The number of thioether (sulfide) groups is 1. The largest absolute Gasteiger partial charge is 0.493 e. The molecule has 1 atom stereocenters. The van der Waals surface area contributed by atoms with Gasteiger partial charge in [-0.25, -0.2) is 4.39 Å². The SMILES string of the molecule is COc1ccc(C(C)NC(=O)CCSc2ccc(F)cc2)cc1OC. The minimum Gasteiger partial charge on any atom is -0.493 e. The molecule has 0 saturated carbocycles. The van der Waals surface area contributed by atoms with Gasteiger partial charge in [-0.2, -0.15) is 0 Å². The summed E-state index contributed by atoms with van der Waals surface area (Å²) < 4.78 is 23.4. The summed E-state index contributed by atoms with van der Waals surface area (Å²) >= 11 is 1.53. The lowest BCUT2D eigenvalue weighted by Gasteiger charge is -2.16. The number of carbonyl (C=O) groups is 1. The van der Waals surface area contributed by atoms with Crippen LogP contribution >= 0.6 is 11.8 Å². The summed E-state index contributed by atoms with van der Waals surface area (Å²) in [5.74, 6) is 1.63. The Bertz CT molecular complexity index is 706. The van der Waals surface area contributed by atoms with Crippen molar-refractivity contribution in [3.63, 3.8) is 0 Å². The molecule has 0 fully saturated rings. The predicted molar refractivity (Wildman–Crippen MR) is 97.8 cm³/mol. The highest BCUT2D eigenvalue weighted by Gasteiger charge is 2.12. The summed E-state index contributed by atoms with van der Waals surface area (Å²) in [5.41, 5.74) is 0.942. The molecule has 0 aliphatic rings. The number of halogens is 1. The molecule has 25 heavy (non-hydrogen) atoms. The van der Waals surface area contributed by atoms with Crippen LogP contribution < -0.4 is 14.8 Å². The summed E-state index contributed by atoms with van der Waals surface area (Å²) in [7, 11) is 3.17. The normalized spacial score (nSPS) is 11.7. The zero-order chi connectivity index (χ0) is 18.2. The van der Waals surface area contributed by atoms with Crippen molar-refractivity contribution in [1.82, 2.24) is 5.32 Å². The number of nitrogens with one attached hydrogen (secondary N) is 1. The van der Waals surface area contributed by atoms with Crippen LogP contribution in [0.3, 0.4) is 0 Å². The number of amides is 1. The molecule has 0 bridgehead atoms. The molecule has 134 valence electrons. The molecule has 0 heterocycles. The number of rotatable bonds is 8. The van der Waals surface area contributed by atoms with E-state index in [1.54, 1.807) is 26.4 Å². The number of benzene rings is 2. The van der Waals surface area contributed by atoms with Crippen LogP contribution in [0.1, 0.15) is 24.9 Å². The third-order valence-corrected chi connectivity index (χ3v) is 4.71. The minimum atomic E-state index is -0.258. The Kier molecular flexibility index (Phi) is 7.13. The van der Waals surface area contributed by atoms with Crippen LogP contribution in [0.5, 0.6) is 11.5 Å². The number of ether oxygens (including phenoxy) is 2. The molecule has 0 aliphatic carbocycles. The average molecular weight is 363 g/mol. The number of hydrogen-bond acceptors (Lipinski definition) is 4. The lowest BCUT2D eigenvalue weighted by molar-refractivity contribution is -0.121. The molecule has 1 N–H and O–H groups in total. The van der Waals surface area contributed by atoms with Gasteiger partial charge in [0.15, 0.2) is 11.5 Å². The van der Waals surface area contributed by atoms with Crippen LogP contribution in [0, 0.1) is 5.82 Å². The predicted octanol–water partition coefficient (Wildman–Crippen LogP) is 4.20. The fourth-order valence-electron chi connectivity index (χ4n) is 2.31. The van der Waals surface area contributed by atoms with Crippen molar-refractivity contribution in [2.45, 2.75) is 24.3 Å². The third-order valence-electron chi connectivity index (χ3n) is 3.70. The monoisotopic (exact) mass is 363 g/mol. The highest BCUT2D eigenvalue weighted by molar-refractivity contribution is 7.99. The standard InChI is InChI=1S/C19H22FNO3S/c1-13(14-4-9-17(23-2)18(12-14)24-3)21-19(22)10-11-25-16-7-5-15(20)6-8-16/h4-9,12-13H,10-11H2,1-3H3,(H,21,22). The Morgan fingerprint density at radius 1 is 1.12 bits per heavy atom. The van der Waals surface area contributed by atoms with E-state index in [4.69, 9.17) is 9.47 Å². The summed E-state index contributed by atoms with van der Waals surface area (Å²) in [6.07, 6.45) is 0.389. The van der Waals surface area contributed by atoms with Gasteiger partial charge in [0.25, 0.3) is 0 Å². The van der Waals surface area contributed by atoms with Crippen molar-refractivity contribution in [3.05, 3.63) is 53.8 Å². The van der Waals surface area contributed by atoms with Crippen molar-refractivity contribution in [2.24, 2.45) is 0 Å². The van der Waals surface area contributed by atoms with E-state index in [0.29, 0.717) is 23.7 Å². The maximum absolute atomic E-state index is 12.9. The molecule has 1 amide bonds. The molecule has 6 heteroatoms. The molecular formula is C19H22FNO3S. The summed E-state index contributed by atoms with van der Waals surface area (Å²) in [6.45, 7) is 1.92. The molecule has 2 rings (SSSR count). The molecule has 0 spiro atoms. The Morgan fingerprint density at radius 3 is 2.44 bits per heavy atom. The van der Waals surface area contributed by atoms with Gasteiger partial charge in [0.1, 0.15) is 5.82 Å². The highest BCUT2D eigenvalue weighted by Crippen LogP contribution is 2.30. The fraction of sp³-hybridized carbons (Fsp3) is 0.316. The molecule has 0 radical (unpaired) electrons. The second-order valence-electron chi connectivity index (χ2n) is 5.46. The molecule has 2 aromatic rings. The van der Waals surface area contributed by atoms with Crippen LogP contribution in [0.15, 0.2) is 47.4 Å². The number of hydrogen-bond donors (Lipinski definition) is 1. The van der Waals surface area contributed by atoms with Crippen molar-refractivity contribution in [3.8, 4) is 11.5 Å². The van der Waals surface area contributed by atoms with E-state index in [1.807, 2.05) is 25.1 Å².